The van der Waals surface area contributed by atoms with Crippen molar-refractivity contribution >= 4 is 11.4 Å². The molecule has 0 saturated heterocycles. The second kappa shape index (κ2) is 9.01. The molecule has 0 saturated carbocycles. The van der Waals surface area contributed by atoms with Gasteiger partial charge >= 0.3 is 0 Å². The molecule has 0 aliphatic rings. The first kappa shape index (κ1) is 17.1. The van der Waals surface area contributed by atoms with Crippen LogP contribution in [0.3, 0.4) is 0 Å². The van der Waals surface area contributed by atoms with E-state index in [0.29, 0.717) is 0 Å². The molecule has 23 heavy (non-hydrogen) atoms. The van der Waals surface area contributed by atoms with Gasteiger partial charge in [-0.3, -0.25) is 0 Å². The summed E-state index contributed by atoms with van der Waals surface area (Å²) in [4.78, 5) is 2.35. The highest BCUT2D eigenvalue weighted by Crippen LogP contribution is 2.16. The summed E-state index contributed by atoms with van der Waals surface area (Å²) in [6.45, 7) is 11.8. The Morgan fingerprint density at radius 1 is 0.913 bits per heavy atom. The van der Waals surface area contributed by atoms with Gasteiger partial charge in [-0.05, 0) is 43.7 Å². The normalized spacial score (nSPS) is 10.3. The van der Waals surface area contributed by atoms with Gasteiger partial charge in [-0.15, -0.1) is 6.58 Å². The molecule has 0 aliphatic heterocycles. The van der Waals surface area contributed by atoms with Crippen LogP contribution in [0.25, 0.3) is 0 Å². The summed E-state index contributed by atoms with van der Waals surface area (Å²) < 4.78 is 0. The number of benzene rings is 2. The molecule has 0 spiro atoms. The van der Waals surface area contributed by atoms with E-state index in [-0.39, 0.29) is 0 Å². The van der Waals surface area contributed by atoms with E-state index < -0.39 is 0 Å². The highest BCUT2D eigenvalue weighted by Gasteiger charge is 2.05. The molecule has 0 unspecified atom stereocenters. The first-order chi connectivity index (χ1) is 11.3. The highest BCUT2D eigenvalue weighted by molar-refractivity contribution is 5.48. The number of hydrogen-bond donors (Lipinski definition) is 1. The van der Waals surface area contributed by atoms with Crippen LogP contribution in [0.5, 0.6) is 0 Å². The van der Waals surface area contributed by atoms with Crippen LogP contribution in [0.15, 0.2) is 67.3 Å². The molecule has 3 nitrogen and oxygen atoms in total. The Bertz CT molecular complexity index is 574. The molecule has 2 aromatic rings. The Balaban J connectivity index is 1.99. The molecule has 2 rings (SSSR count). The van der Waals surface area contributed by atoms with Crippen molar-refractivity contribution in [2.75, 3.05) is 29.5 Å². The number of anilines is 2. The predicted octanol–water partition coefficient (Wildman–Crippen LogP) is 4.23. The van der Waals surface area contributed by atoms with E-state index in [4.69, 9.17) is 0 Å². The van der Waals surface area contributed by atoms with Gasteiger partial charge in [-0.1, -0.05) is 36.4 Å². The standard InChI is InChI=1S/C20H27N3/c1-4-16-23(20-10-8-7-9-11-20)21-17-18-12-14-19(15-13-18)22(5-2)6-3/h4,7-15,21H,1,5-6,16-17H2,2-3H3. The van der Waals surface area contributed by atoms with Crippen LogP contribution < -0.4 is 15.3 Å². The van der Waals surface area contributed by atoms with Crippen LogP contribution in [0, 0.1) is 0 Å². The van der Waals surface area contributed by atoms with Gasteiger partial charge in [0.15, 0.2) is 0 Å². The fourth-order valence-electron chi connectivity index (χ4n) is 2.60. The summed E-state index contributed by atoms with van der Waals surface area (Å²) in [5.41, 5.74) is 7.18. The molecule has 0 aromatic heterocycles. The summed E-state index contributed by atoms with van der Waals surface area (Å²) in [6.07, 6.45) is 1.91. The first-order valence-corrected chi connectivity index (χ1v) is 8.29. The number of rotatable bonds is 9. The molecule has 1 N–H and O–H groups in total. The molecule has 0 radical (unpaired) electrons. The summed E-state index contributed by atoms with van der Waals surface area (Å²) in [7, 11) is 0. The lowest BCUT2D eigenvalue weighted by atomic mass is 10.2. The molecule has 0 fully saturated rings. The second-order valence-electron chi connectivity index (χ2n) is 5.41. The van der Waals surface area contributed by atoms with Crippen LogP contribution in [0.2, 0.25) is 0 Å². The molecule has 3 heteroatoms. The topological polar surface area (TPSA) is 18.5 Å². The van der Waals surface area contributed by atoms with E-state index >= 15 is 0 Å². The van der Waals surface area contributed by atoms with Gasteiger partial charge in [0.1, 0.15) is 0 Å². The van der Waals surface area contributed by atoms with E-state index in [2.05, 4.69) is 72.2 Å². The molecule has 2 aromatic carbocycles. The minimum atomic E-state index is 0.765. The van der Waals surface area contributed by atoms with Gasteiger partial charge in [-0.2, -0.15) is 0 Å². The van der Waals surface area contributed by atoms with Gasteiger partial charge in [0.2, 0.25) is 0 Å². The lowest BCUT2D eigenvalue weighted by Crippen LogP contribution is -2.37. The second-order valence-corrected chi connectivity index (χ2v) is 5.41. The third kappa shape index (κ3) is 4.86. The van der Waals surface area contributed by atoms with Crippen LogP contribution >= 0.6 is 0 Å². The Morgan fingerprint density at radius 2 is 1.57 bits per heavy atom. The fourth-order valence-corrected chi connectivity index (χ4v) is 2.60. The van der Waals surface area contributed by atoms with E-state index in [1.54, 1.807) is 0 Å². The van der Waals surface area contributed by atoms with Crippen molar-refractivity contribution in [3.05, 3.63) is 72.8 Å². The number of hydrazine groups is 1. The minimum absolute atomic E-state index is 0.765. The summed E-state index contributed by atoms with van der Waals surface area (Å²) in [5.74, 6) is 0. The lowest BCUT2D eigenvalue weighted by molar-refractivity contribution is 0.653. The van der Waals surface area contributed by atoms with Crippen LogP contribution in [0.1, 0.15) is 19.4 Å². The number of nitrogens with zero attached hydrogens (tertiary/aromatic N) is 2. The maximum Gasteiger partial charge on any atom is 0.0523 e. The molecule has 0 aliphatic carbocycles. The van der Waals surface area contributed by atoms with Gasteiger partial charge in [-0.25, -0.2) is 5.43 Å². The Morgan fingerprint density at radius 3 is 2.13 bits per heavy atom. The summed E-state index contributed by atoms with van der Waals surface area (Å²) in [6, 6.07) is 19.1. The predicted molar refractivity (Wildman–Crippen MR) is 101 cm³/mol. The van der Waals surface area contributed by atoms with E-state index in [1.165, 1.54) is 11.3 Å². The lowest BCUT2D eigenvalue weighted by Gasteiger charge is -2.25. The number of nitrogens with one attached hydrogen (secondary N) is 1. The van der Waals surface area contributed by atoms with Gasteiger partial charge in [0.25, 0.3) is 0 Å². The van der Waals surface area contributed by atoms with E-state index in [9.17, 15) is 0 Å². The van der Waals surface area contributed by atoms with Crippen LogP contribution in [0.4, 0.5) is 11.4 Å². The van der Waals surface area contributed by atoms with Crippen molar-refractivity contribution in [3.63, 3.8) is 0 Å². The Labute approximate surface area is 140 Å². The van der Waals surface area contributed by atoms with Crippen LogP contribution in [-0.4, -0.2) is 19.6 Å². The number of para-hydroxylation sites is 1. The van der Waals surface area contributed by atoms with Crippen molar-refractivity contribution in [3.8, 4) is 0 Å². The van der Waals surface area contributed by atoms with Crippen molar-refractivity contribution in [1.82, 2.24) is 5.43 Å². The molecule has 122 valence electrons. The molecule has 0 amide bonds. The quantitative estimate of drug-likeness (QED) is 0.552. The fraction of sp³-hybridized carbons (Fsp3) is 0.300. The van der Waals surface area contributed by atoms with Gasteiger partial charge < -0.3 is 9.91 Å². The molecule has 0 heterocycles. The van der Waals surface area contributed by atoms with E-state index in [0.717, 1.165) is 31.9 Å². The van der Waals surface area contributed by atoms with E-state index in [1.807, 2.05) is 24.3 Å². The minimum Gasteiger partial charge on any atom is -0.372 e. The molecule has 0 atom stereocenters. The zero-order valence-electron chi connectivity index (χ0n) is 14.2. The average molecular weight is 309 g/mol. The molecule has 0 bridgehead atoms. The smallest absolute Gasteiger partial charge is 0.0523 e. The first-order valence-electron chi connectivity index (χ1n) is 8.29. The molecular weight excluding hydrogens is 282 g/mol. The summed E-state index contributed by atoms with van der Waals surface area (Å²) in [5, 5.41) is 2.12. The SMILES string of the molecule is C=CCN(NCc1ccc(N(CC)CC)cc1)c1ccccc1. The summed E-state index contributed by atoms with van der Waals surface area (Å²) >= 11 is 0. The van der Waals surface area contributed by atoms with Crippen LogP contribution in [-0.2, 0) is 6.54 Å². The van der Waals surface area contributed by atoms with Gasteiger partial charge in [0.05, 0.1) is 12.2 Å². The third-order valence-electron chi connectivity index (χ3n) is 3.92. The van der Waals surface area contributed by atoms with Crippen molar-refractivity contribution in [1.29, 1.82) is 0 Å². The van der Waals surface area contributed by atoms with Crippen molar-refractivity contribution in [2.24, 2.45) is 0 Å². The highest BCUT2D eigenvalue weighted by atomic mass is 15.5. The van der Waals surface area contributed by atoms with Crippen molar-refractivity contribution < 1.29 is 0 Å². The zero-order chi connectivity index (χ0) is 16.5. The monoisotopic (exact) mass is 309 g/mol. The number of hydrogen-bond acceptors (Lipinski definition) is 3. The van der Waals surface area contributed by atoms with Gasteiger partial charge in [0, 0.05) is 25.3 Å². The maximum atomic E-state index is 3.84. The van der Waals surface area contributed by atoms with Crippen molar-refractivity contribution in [2.45, 2.75) is 20.4 Å². The third-order valence-corrected chi connectivity index (χ3v) is 3.92. The maximum absolute atomic E-state index is 3.84. The molecular formula is C20H27N3. The Hall–Kier alpha value is -2.26. The Kier molecular flexibility index (Phi) is 6.70. The average Bonchev–Trinajstić information content (AvgIpc) is 2.61. The largest absolute Gasteiger partial charge is 0.372 e. The zero-order valence-corrected chi connectivity index (χ0v) is 14.2.